The molecule has 0 aromatic rings. The van der Waals surface area contributed by atoms with Crippen LogP contribution in [0.15, 0.2) is 47.3 Å². The highest BCUT2D eigenvalue weighted by Crippen LogP contribution is 2.77. The second-order valence-electron chi connectivity index (χ2n) is 31.9. The molecule has 2 aliphatic heterocycles. The lowest BCUT2D eigenvalue weighted by molar-refractivity contribution is -0.228. The molecule has 6 rings (SSSR count). The standard InChI is InChI=1S/C41H72O9.C36H56O8/c1-25(21-29(5)34(43)24-35(44)30(6)22-27(3)20-26(2)14-15-38(46)47)12-11-13-28(4)39(48)31(7)36(45)23-33-16-18-41(10,49-33)37-17-19-40(9,50-37)32(8)42;1-7-8-9-10-11-12-13-14-15-16-17-18-29(39)43-32-24(3)35(42)27(30-33(5,6)36(30,32)44-25(4)38)20-26(22-37)21-34(41)28(35)19-23(2)31(34)40/h11,13,24-33,36-37,39,42-43,45,48H,12,14-23H2,1-10H3,(H,46,47);19-20,24,27-28,30,32,37,41-42H,7-18,21-22H2,1-6H3/b13-11+,34-24-;/t25-,26-,27+,28-,29-,30+,31+,32-,33+,36+,37-,39-,40+,41+;24-,27+,28-,30-,32-,34-,35-,36-/m11/s1. The van der Waals surface area contributed by atoms with E-state index >= 15 is 0 Å². The molecular weight excluding hydrogens is 1200 g/mol. The minimum Gasteiger partial charge on any atom is -0.512 e. The quantitative estimate of drug-likeness (QED) is 0.00943. The van der Waals surface area contributed by atoms with E-state index < -0.39 is 105 Å². The Morgan fingerprint density at radius 1 is 0.766 bits per heavy atom. The van der Waals surface area contributed by atoms with E-state index in [0.717, 1.165) is 57.8 Å². The smallest absolute Gasteiger partial charge is 0.306 e. The number of carboxylic acids is 1. The molecule has 6 aliphatic rings. The second kappa shape index (κ2) is 34.8. The van der Waals surface area contributed by atoms with E-state index in [-0.39, 0.29) is 91.0 Å². The second-order valence-corrected chi connectivity index (χ2v) is 31.9. The number of fused-ring (bicyclic) bond motifs is 5. The minimum absolute atomic E-state index is 0.0809. The summed E-state index contributed by atoms with van der Waals surface area (Å²) < 4.78 is 25.0. The SMILES string of the molecule is CCCCCCCCCCCCCC(=O)O[C@@H]1[C@@H](C)[C@@]2(O)[C@@H](C=C(CO)C[C@]3(O)C(=O)C(C)=C[C@@H]23)[C@@H]2C(C)(C)[C@]12OC(C)=O.C[C@H](CCC(=O)O)C[C@H](C)C[C@H](C)C(=O)/C=C(\O)[C@H](C)C[C@H](C)C/C=C/[C@@H](C)[C@@H](O)[C@@H](C)[C@@H](O)C[C@@H]1CC[C@@](C)([C@H]2CC[C@@](C)([C@@H](C)O)O2)O1. The maximum atomic E-state index is 13.3. The molecule has 4 fully saturated rings. The lowest BCUT2D eigenvalue weighted by atomic mass is 9.59. The highest BCUT2D eigenvalue weighted by molar-refractivity contribution is 6.05. The van der Waals surface area contributed by atoms with Crippen LogP contribution >= 0.6 is 0 Å². The molecule has 17 heteroatoms. The average molecular weight is 1330 g/mol. The normalized spacial score (nSPS) is 33.5. The molecule has 17 nitrogen and oxygen atoms in total. The molecule has 2 saturated heterocycles. The largest absolute Gasteiger partial charge is 0.512 e. The van der Waals surface area contributed by atoms with Gasteiger partial charge in [0.05, 0.1) is 59.7 Å². The van der Waals surface area contributed by atoms with Crippen LogP contribution in [0.1, 0.15) is 265 Å². The average Bonchev–Trinajstić information content (AvgIpc) is 1.47. The lowest BCUT2D eigenvalue weighted by Crippen LogP contribution is -2.66. The number of aliphatic carboxylic acids is 1. The number of hydrogen-bond donors (Lipinski definition) is 8. The number of Topliss-reactive ketones (excluding diaryl/α,β-unsaturated/α-hetero) is 1. The van der Waals surface area contributed by atoms with Crippen LogP contribution in [0.4, 0.5) is 0 Å². The van der Waals surface area contributed by atoms with E-state index in [0.29, 0.717) is 43.3 Å². The van der Waals surface area contributed by atoms with Crippen LogP contribution in [0.3, 0.4) is 0 Å². The number of carbonyl (C=O) groups is 5. The van der Waals surface area contributed by atoms with E-state index in [1.807, 2.05) is 54.5 Å². The molecule has 2 saturated carbocycles. The Balaban J connectivity index is 0.000000343. The van der Waals surface area contributed by atoms with Gasteiger partial charge in [-0.1, -0.05) is 165 Å². The van der Waals surface area contributed by atoms with Crippen molar-refractivity contribution in [2.75, 3.05) is 6.61 Å². The summed E-state index contributed by atoms with van der Waals surface area (Å²) >= 11 is 0. The fraction of sp³-hybridized carbons (Fsp3) is 0.831. The third kappa shape index (κ3) is 19.5. The molecule has 538 valence electrons. The van der Waals surface area contributed by atoms with Gasteiger partial charge in [0.2, 0.25) is 0 Å². The summed E-state index contributed by atoms with van der Waals surface area (Å²) in [6, 6.07) is 0. The van der Waals surface area contributed by atoms with Crippen LogP contribution in [-0.2, 0) is 42.9 Å². The number of aliphatic hydroxyl groups excluding tert-OH is 5. The molecule has 0 radical (unpaired) electrons. The lowest BCUT2D eigenvalue weighted by Gasteiger charge is -2.53. The summed E-state index contributed by atoms with van der Waals surface area (Å²) in [4.78, 5) is 62.8. The molecule has 2 heterocycles. The zero-order valence-electron chi connectivity index (χ0n) is 60.6. The fourth-order valence-electron chi connectivity index (χ4n) is 17.2. The molecule has 0 aromatic heterocycles. The van der Waals surface area contributed by atoms with Gasteiger partial charge in [0.1, 0.15) is 11.7 Å². The molecule has 0 amide bonds. The first-order valence-corrected chi connectivity index (χ1v) is 36.5. The highest BCUT2D eigenvalue weighted by Gasteiger charge is 2.88. The minimum atomic E-state index is -1.93. The summed E-state index contributed by atoms with van der Waals surface area (Å²) in [7, 11) is 0. The first-order chi connectivity index (χ1) is 43.9. The first-order valence-electron chi connectivity index (χ1n) is 36.5. The van der Waals surface area contributed by atoms with Gasteiger partial charge >= 0.3 is 17.9 Å². The third-order valence-electron chi connectivity index (χ3n) is 23.4. The van der Waals surface area contributed by atoms with E-state index in [9.17, 15) is 59.7 Å². The number of hydrogen-bond acceptors (Lipinski definition) is 16. The van der Waals surface area contributed by atoms with Crippen molar-refractivity contribution in [2.24, 2.45) is 70.5 Å². The molecule has 0 unspecified atom stereocenters. The Kier molecular flexibility index (Phi) is 29.9. The van der Waals surface area contributed by atoms with Gasteiger partial charge in [0.15, 0.2) is 17.2 Å². The predicted molar refractivity (Wildman–Crippen MR) is 365 cm³/mol. The van der Waals surface area contributed by atoms with Gasteiger partial charge in [-0.05, 0) is 127 Å². The summed E-state index contributed by atoms with van der Waals surface area (Å²) in [5.74, 6) is -5.10. The van der Waals surface area contributed by atoms with E-state index in [4.69, 9.17) is 24.1 Å². The number of ketones is 2. The number of rotatable bonds is 37. The van der Waals surface area contributed by atoms with Crippen LogP contribution in [0.5, 0.6) is 0 Å². The molecule has 8 N–H and O–H groups in total. The van der Waals surface area contributed by atoms with Crippen LogP contribution in [0, 0.1) is 70.5 Å². The summed E-state index contributed by atoms with van der Waals surface area (Å²) in [5, 5.41) is 86.7. The topological polar surface area (TPSA) is 284 Å². The van der Waals surface area contributed by atoms with Crippen molar-refractivity contribution in [1.82, 2.24) is 0 Å². The zero-order chi connectivity index (χ0) is 70.5. The molecule has 0 spiro atoms. The Morgan fingerprint density at radius 3 is 1.95 bits per heavy atom. The third-order valence-corrected chi connectivity index (χ3v) is 23.4. The molecule has 0 bridgehead atoms. The monoisotopic (exact) mass is 1320 g/mol. The van der Waals surface area contributed by atoms with Gasteiger partial charge in [-0.2, -0.15) is 0 Å². The van der Waals surface area contributed by atoms with Crippen molar-refractivity contribution in [2.45, 2.75) is 330 Å². The Labute approximate surface area is 564 Å². The zero-order valence-corrected chi connectivity index (χ0v) is 60.6. The molecule has 22 atom stereocenters. The number of aliphatic hydroxyl groups is 7. The van der Waals surface area contributed by atoms with Crippen LogP contribution in [-0.4, -0.2) is 142 Å². The van der Waals surface area contributed by atoms with Crippen molar-refractivity contribution >= 4 is 29.5 Å². The van der Waals surface area contributed by atoms with Gasteiger partial charge in [-0.25, -0.2) is 0 Å². The summed E-state index contributed by atoms with van der Waals surface area (Å²) in [6.45, 7) is 30.1. The van der Waals surface area contributed by atoms with Crippen molar-refractivity contribution in [3.8, 4) is 0 Å². The number of carboxylic acid groups (broad SMARTS) is 1. The Hall–Kier alpha value is -3.81. The van der Waals surface area contributed by atoms with Gasteiger partial charge in [-0.15, -0.1) is 0 Å². The molecule has 4 aliphatic carbocycles. The number of allylic oxidation sites excluding steroid dienone is 3. The highest BCUT2D eigenvalue weighted by atomic mass is 16.6. The van der Waals surface area contributed by atoms with Crippen molar-refractivity contribution < 1.29 is 83.8 Å². The van der Waals surface area contributed by atoms with Crippen LogP contribution in [0.25, 0.3) is 0 Å². The maximum absolute atomic E-state index is 13.3. The van der Waals surface area contributed by atoms with Crippen molar-refractivity contribution in [1.29, 1.82) is 0 Å². The number of unbranched alkanes of at least 4 members (excludes halogenated alkanes) is 10. The number of ether oxygens (including phenoxy) is 4. The van der Waals surface area contributed by atoms with Crippen LogP contribution < -0.4 is 0 Å². The van der Waals surface area contributed by atoms with Crippen molar-refractivity contribution in [3.63, 3.8) is 0 Å². The van der Waals surface area contributed by atoms with E-state index in [1.54, 1.807) is 32.9 Å². The van der Waals surface area contributed by atoms with Gasteiger partial charge < -0.3 is 59.8 Å². The maximum Gasteiger partial charge on any atom is 0.306 e. The molecular formula is C77H128O17. The summed E-state index contributed by atoms with van der Waals surface area (Å²) in [6.07, 6.45) is 26.2. The molecule has 94 heavy (non-hydrogen) atoms. The molecule has 0 aromatic carbocycles. The Bertz CT molecular complexity index is 2620. The predicted octanol–water partition coefficient (Wildman–Crippen LogP) is 13.6. The fourth-order valence-corrected chi connectivity index (χ4v) is 17.2. The van der Waals surface area contributed by atoms with Crippen LogP contribution in [0.2, 0.25) is 0 Å². The van der Waals surface area contributed by atoms with Crippen molar-refractivity contribution in [3.05, 3.63) is 47.3 Å². The Morgan fingerprint density at radius 2 is 1.37 bits per heavy atom. The summed E-state index contributed by atoms with van der Waals surface area (Å²) in [5.41, 5.74) is -5.72. The number of esters is 2. The number of carbonyl (C=O) groups excluding carboxylic acids is 4. The van der Waals surface area contributed by atoms with Gasteiger partial charge in [0.25, 0.3) is 0 Å². The van der Waals surface area contributed by atoms with E-state index in [1.165, 1.54) is 57.9 Å². The van der Waals surface area contributed by atoms with E-state index in [2.05, 4.69) is 40.7 Å². The van der Waals surface area contributed by atoms with Gasteiger partial charge in [0, 0.05) is 85.0 Å². The van der Waals surface area contributed by atoms with Gasteiger partial charge in [-0.3, -0.25) is 24.0 Å². The first kappa shape index (κ1) is 80.9.